The Morgan fingerprint density at radius 2 is 0.667 bits per heavy atom. The van der Waals surface area contributed by atoms with Crippen molar-refractivity contribution >= 4 is 9.14 Å². The molecule has 0 aromatic carbocycles. The van der Waals surface area contributed by atoms with Crippen molar-refractivity contribution in [2.45, 2.75) is 0 Å². The first-order valence-corrected chi connectivity index (χ1v) is 2.40. The fourth-order valence-electron chi connectivity index (χ4n) is 0. The summed E-state index contributed by atoms with van der Waals surface area (Å²) < 4.78 is 10.2. The summed E-state index contributed by atoms with van der Waals surface area (Å²) in [6, 6.07) is 0. The van der Waals surface area contributed by atoms with Gasteiger partial charge in [0.15, 0.2) is 0 Å². The minimum Gasteiger partial charge on any atom is -0.857 e. The van der Waals surface area contributed by atoms with Crippen molar-refractivity contribution in [2.75, 3.05) is 0 Å². The van der Waals surface area contributed by atoms with Gasteiger partial charge in [-0.2, -0.15) is 0 Å². The maximum atomic E-state index is 10.2. The van der Waals surface area contributed by atoms with Crippen LogP contribution < -0.4 is 14.4 Å². The molecule has 9 nitrogen and oxygen atoms in total. The molecule has 12 N–H and O–H groups in total. The van der Waals surface area contributed by atoms with Crippen molar-refractivity contribution < 1.29 is 68.4 Å². The van der Waals surface area contributed by atoms with Crippen molar-refractivity contribution in [3.63, 3.8) is 0 Å². The van der Waals surface area contributed by atoms with Gasteiger partial charge in [-0.05, 0) is 0 Å². The molecule has 0 aromatic heterocycles. The van der Waals surface area contributed by atoms with Gasteiger partial charge in [0.1, 0.15) is 0 Å². The molecule has 0 amide bonds. The summed E-state index contributed by atoms with van der Waals surface area (Å²) in [5.74, 6) is 0. The minimum atomic E-state index is -5.86. The Balaban J connectivity index is -0.00000000381. The van der Waals surface area contributed by atoms with E-state index < -0.39 is 9.14 Å². The van der Waals surface area contributed by atoms with E-state index in [1.807, 2.05) is 0 Å². The fraction of sp³-hybridized carbons (Fsp3) is 0. The molecule has 0 aliphatic carbocycles. The van der Waals surface area contributed by atoms with Crippen LogP contribution in [0.25, 0.3) is 0 Å². The molecule has 1 radical (unpaired) electrons. The number of hydrogen-bond donors (Lipinski definition) is 0. The van der Waals surface area contributed by atoms with Crippen LogP contribution in [0.2, 0.25) is 0 Å². The monoisotopic (exact) mass is 266 g/mol. The van der Waals surface area contributed by atoms with E-state index in [1.165, 1.54) is 0 Å². The summed E-state index contributed by atoms with van der Waals surface area (Å²) in [7, 11) is -5.86. The maximum Gasteiger partial charge on any atom is 0 e. The van der Waals surface area contributed by atoms with E-state index in [1.54, 1.807) is 0 Å². The average Bonchev–Trinajstić information content (AvgIpc) is 0.722. The van der Waals surface area contributed by atoms with Crippen molar-refractivity contribution in [3.8, 4) is 0 Å². The molecule has 0 rings (SSSR count). The second-order valence-corrected chi connectivity index (χ2v) is 1.44. The molecule has 0 bridgehead atoms. The predicted molar refractivity (Wildman–Crippen MR) is 28.5 cm³/mol. The van der Waals surface area contributed by atoms with Gasteiger partial charge in [0.25, 0.3) is 0 Å². The van der Waals surface area contributed by atoms with Crippen LogP contribution in [0.1, 0.15) is 0 Å². The summed E-state index contributed by atoms with van der Waals surface area (Å²) in [4.78, 5) is 25.4. The molecule has 0 aliphatic rings. The van der Waals surface area contributed by atoms with Crippen molar-refractivity contribution in [1.29, 1.82) is 0 Å². The SMILES string of the molecule is O.O.O.O.O.O.[Cu].[O-][Si]([O-])([O-])F. The normalized spacial score (nSPS) is 5.00. The second kappa shape index (κ2) is 30.2. The molecule has 12 heavy (non-hydrogen) atoms. The average molecular weight is 267 g/mol. The zero-order valence-electron chi connectivity index (χ0n) is 5.40. The summed E-state index contributed by atoms with van der Waals surface area (Å²) in [6.45, 7) is 0. The van der Waals surface area contributed by atoms with E-state index in [0.29, 0.717) is 0 Å². The Labute approximate surface area is 78.3 Å². The molecule has 0 heterocycles. The quantitative estimate of drug-likeness (QED) is 0.305. The van der Waals surface area contributed by atoms with Crippen LogP contribution in [0, 0.1) is 0 Å². The molecule has 12 heteroatoms. The number of halogens is 1. The van der Waals surface area contributed by atoms with Gasteiger partial charge >= 0.3 is 0 Å². The molecule has 0 fully saturated rings. The van der Waals surface area contributed by atoms with Crippen LogP contribution in [-0.2, 0) is 17.1 Å². The van der Waals surface area contributed by atoms with Gasteiger partial charge in [-0.15, -0.1) is 0 Å². The van der Waals surface area contributed by atoms with Crippen LogP contribution in [0.15, 0.2) is 0 Å². The number of hydrogen-bond acceptors (Lipinski definition) is 3. The zero-order chi connectivity index (χ0) is 4.50. The molecule has 0 spiro atoms. The zero-order valence-corrected chi connectivity index (χ0v) is 7.35. The molecular weight excluding hydrogens is 255 g/mol. The Hall–Kier alpha value is 0.306. The third-order valence-electron chi connectivity index (χ3n) is 0. The van der Waals surface area contributed by atoms with Gasteiger partial charge in [0, 0.05) is 17.1 Å². The molecule has 0 aromatic rings. The molecule has 0 atom stereocenters. The molecule has 0 unspecified atom stereocenters. The van der Waals surface area contributed by atoms with Gasteiger partial charge in [0.2, 0.25) is 0 Å². The van der Waals surface area contributed by atoms with Crippen LogP contribution in [0.3, 0.4) is 0 Å². The third kappa shape index (κ3) is 9510. The van der Waals surface area contributed by atoms with E-state index in [4.69, 9.17) is 14.4 Å². The van der Waals surface area contributed by atoms with Crippen molar-refractivity contribution in [2.24, 2.45) is 0 Å². The second-order valence-electron chi connectivity index (χ2n) is 0.481. The first-order chi connectivity index (χ1) is 2.00. The fourth-order valence-corrected chi connectivity index (χ4v) is 0. The van der Waals surface area contributed by atoms with Crippen molar-refractivity contribution in [3.05, 3.63) is 0 Å². The van der Waals surface area contributed by atoms with Gasteiger partial charge in [-0.3, -0.25) is 0 Å². The summed E-state index contributed by atoms with van der Waals surface area (Å²) in [5.41, 5.74) is 0. The smallest absolute Gasteiger partial charge is 0 e. The van der Waals surface area contributed by atoms with Crippen LogP contribution in [0.4, 0.5) is 4.11 Å². The molecule has 91 valence electrons. The van der Waals surface area contributed by atoms with Gasteiger partial charge in [0.05, 0.1) is 0 Å². The Morgan fingerprint density at radius 3 is 0.667 bits per heavy atom. The van der Waals surface area contributed by atoms with Crippen LogP contribution in [-0.4, -0.2) is 42.0 Å². The van der Waals surface area contributed by atoms with Gasteiger partial charge in [-0.25, -0.2) is 0 Å². The molecular formula is H12CuFO9Si-3. The number of rotatable bonds is 0. The maximum absolute atomic E-state index is 10.2. The van der Waals surface area contributed by atoms with Crippen LogP contribution >= 0.6 is 0 Å². The first kappa shape index (κ1) is 84.8. The van der Waals surface area contributed by atoms with E-state index in [9.17, 15) is 4.11 Å². The summed E-state index contributed by atoms with van der Waals surface area (Å²) in [6.07, 6.45) is 0. The summed E-state index contributed by atoms with van der Waals surface area (Å²) >= 11 is 0. The summed E-state index contributed by atoms with van der Waals surface area (Å²) in [5, 5.41) is 0. The standard InChI is InChI=1S/Cu.FO3Si.6H2O/c;1-5(2,3)4;;;;;;/h;;6*1H2/q;-3;;;;;;. The largest absolute Gasteiger partial charge is 0.857 e. The minimum absolute atomic E-state index is 0. The van der Waals surface area contributed by atoms with Gasteiger partial charge < -0.3 is 51.4 Å². The Morgan fingerprint density at radius 1 is 0.667 bits per heavy atom. The van der Waals surface area contributed by atoms with E-state index >= 15 is 0 Å². The van der Waals surface area contributed by atoms with Crippen molar-refractivity contribution in [1.82, 2.24) is 0 Å². The predicted octanol–water partition coefficient (Wildman–Crippen LogP) is -8.48. The molecule has 0 aliphatic heterocycles. The third-order valence-corrected chi connectivity index (χ3v) is 0. The van der Waals surface area contributed by atoms with E-state index in [-0.39, 0.29) is 49.9 Å². The van der Waals surface area contributed by atoms with Crippen LogP contribution in [0.5, 0.6) is 0 Å². The van der Waals surface area contributed by atoms with E-state index in [2.05, 4.69) is 0 Å². The Kier molecular flexibility index (Phi) is 213. The topological polar surface area (TPSA) is 258 Å². The van der Waals surface area contributed by atoms with Gasteiger partial charge in [-0.1, -0.05) is 9.14 Å². The Bertz CT molecular complexity index is 30.0. The molecule has 0 saturated heterocycles. The molecule has 0 saturated carbocycles. The van der Waals surface area contributed by atoms with E-state index in [0.717, 1.165) is 0 Å². The first-order valence-electron chi connectivity index (χ1n) is 0.801.